The lowest BCUT2D eigenvalue weighted by atomic mass is 10.2. The lowest BCUT2D eigenvalue weighted by molar-refractivity contribution is 0.241. The second-order valence-electron chi connectivity index (χ2n) is 5.31. The van der Waals surface area contributed by atoms with Crippen molar-refractivity contribution in [2.45, 2.75) is 13.5 Å². The summed E-state index contributed by atoms with van der Waals surface area (Å²) in [5.41, 5.74) is 1.19. The van der Waals surface area contributed by atoms with Crippen LogP contribution in [0.5, 0.6) is 11.5 Å². The second-order valence-corrected chi connectivity index (χ2v) is 6.16. The first-order chi connectivity index (χ1) is 10.7. The number of halogens is 1. The van der Waals surface area contributed by atoms with E-state index in [1.807, 2.05) is 13.0 Å². The van der Waals surface area contributed by atoms with E-state index in [4.69, 9.17) is 9.47 Å². The molecule has 0 saturated carbocycles. The molecule has 1 aromatic carbocycles. The first kappa shape index (κ1) is 17.5. The molecule has 0 unspecified atom stereocenters. The number of nitrogens with one attached hydrogen (secondary N) is 2. The Morgan fingerprint density at radius 3 is 2.77 bits per heavy atom. The Kier molecular flexibility index (Phi) is 7.45. The van der Waals surface area contributed by atoms with Crippen LogP contribution in [0.1, 0.15) is 12.5 Å². The summed E-state index contributed by atoms with van der Waals surface area (Å²) < 4.78 is 12.0. The summed E-state index contributed by atoms with van der Waals surface area (Å²) in [6.07, 6.45) is 0. The Balaban J connectivity index is 1.83. The molecule has 0 aliphatic carbocycles. The molecule has 0 atom stereocenters. The molecule has 2 rings (SSSR count). The number of benzene rings is 1. The maximum absolute atomic E-state index is 5.61. The Labute approximate surface area is 141 Å². The van der Waals surface area contributed by atoms with Gasteiger partial charge in [0.1, 0.15) is 0 Å². The van der Waals surface area contributed by atoms with Gasteiger partial charge in [-0.15, -0.1) is 0 Å². The zero-order chi connectivity index (χ0) is 15.8. The molecule has 22 heavy (non-hydrogen) atoms. The molecule has 0 radical (unpaired) electrons. The van der Waals surface area contributed by atoms with Gasteiger partial charge < -0.3 is 20.1 Å². The Morgan fingerprint density at radius 1 is 1.32 bits per heavy atom. The van der Waals surface area contributed by atoms with Gasteiger partial charge in [0.2, 0.25) is 0 Å². The molecule has 0 aromatic heterocycles. The number of piperazine rings is 1. The first-order valence-electron chi connectivity index (χ1n) is 7.87. The SMILES string of the molecule is CCOc1c(Br)cc(CNCCN2CCNCC2)cc1OC. The lowest BCUT2D eigenvalue weighted by Gasteiger charge is -2.27. The summed E-state index contributed by atoms with van der Waals surface area (Å²) in [6.45, 7) is 9.99. The minimum absolute atomic E-state index is 0.622. The molecule has 0 bridgehead atoms. The third-order valence-corrected chi connectivity index (χ3v) is 4.31. The van der Waals surface area contributed by atoms with Crippen LogP contribution in [0.2, 0.25) is 0 Å². The van der Waals surface area contributed by atoms with Crippen LogP contribution in [0.25, 0.3) is 0 Å². The highest BCUT2D eigenvalue weighted by molar-refractivity contribution is 9.10. The van der Waals surface area contributed by atoms with Crippen LogP contribution < -0.4 is 20.1 Å². The van der Waals surface area contributed by atoms with Crippen molar-refractivity contribution >= 4 is 15.9 Å². The quantitative estimate of drug-likeness (QED) is 0.682. The molecule has 1 fully saturated rings. The zero-order valence-electron chi connectivity index (χ0n) is 13.5. The van der Waals surface area contributed by atoms with Crippen molar-refractivity contribution in [2.75, 3.05) is 53.0 Å². The van der Waals surface area contributed by atoms with E-state index in [0.717, 1.165) is 61.8 Å². The van der Waals surface area contributed by atoms with Crippen molar-refractivity contribution < 1.29 is 9.47 Å². The normalized spacial score (nSPS) is 15.8. The average Bonchev–Trinajstić information content (AvgIpc) is 2.55. The minimum atomic E-state index is 0.622. The van der Waals surface area contributed by atoms with Crippen molar-refractivity contribution in [1.29, 1.82) is 0 Å². The standard InChI is InChI=1S/C16H26BrN3O2/c1-3-22-16-14(17)10-13(11-15(16)21-2)12-19-6-9-20-7-4-18-5-8-20/h10-11,18-19H,3-9,12H2,1-2H3. The fourth-order valence-corrected chi connectivity index (χ4v) is 3.17. The summed E-state index contributed by atoms with van der Waals surface area (Å²) in [6, 6.07) is 4.12. The van der Waals surface area contributed by atoms with E-state index < -0.39 is 0 Å². The second kappa shape index (κ2) is 9.35. The van der Waals surface area contributed by atoms with E-state index in [9.17, 15) is 0 Å². The number of ether oxygens (including phenoxy) is 2. The monoisotopic (exact) mass is 371 g/mol. The largest absolute Gasteiger partial charge is 0.493 e. The fourth-order valence-electron chi connectivity index (χ4n) is 2.56. The van der Waals surface area contributed by atoms with Crippen LogP contribution in [0, 0.1) is 0 Å². The van der Waals surface area contributed by atoms with Crippen LogP contribution in [0.3, 0.4) is 0 Å². The van der Waals surface area contributed by atoms with Crippen LogP contribution in [0.4, 0.5) is 0 Å². The smallest absolute Gasteiger partial charge is 0.175 e. The van der Waals surface area contributed by atoms with E-state index in [2.05, 4.69) is 37.5 Å². The Hall–Kier alpha value is -0.820. The van der Waals surface area contributed by atoms with Crippen LogP contribution in [-0.4, -0.2) is 57.9 Å². The van der Waals surface area contributed by atoms with Crippen molar-refractivity contribution in [2.24, 2.45) is 0 Å². The summed E-state index contributed by atoms with van der Waals surface area (Å²) in [7, 11) is 1.67. The lowest BCUT2D eigenvalue weighted by Crippen LogP contribution is -2.45. The van der Waals surface area contributed by atoms with E-state index in [1.54, 1.807) is 7.11 Å². The maximum atomic E-state index is 5.61. The van der Waals surface area contributed by atoms with Gasteiger partial charge >= 0.3 is 0 Å². The van der Waals surface area contributed by atoms with Crippen LogP contribution in [-0.2, 0) is 6.54 Å². The molecule has 1 heterocycles. The van der Waals surface area contributed by atoms with Gasteiger partial charge in [0.05, 0.1) is 18.2 Å². The summed E-state index contributed by atoms with van der Waals surface area (Å²) >= 11 is 3.56. The molecular formula is C16H26BrN3O2. The van der Waals surface area contributed by atoms with Crippen LogP contribution >= 0.6 is 15.9 Å². The predicted molar refractivity (Wildman–Crippen MR) is 92.9 cm³/mol. The van der Waals surface area contributed by atoms with Gasteiger partial charge in [-0.05, 0) is 40.5 Å². The number of rotatable bonds is 8. The van der Waals surface area contributed by atoms with E-state index in [1.165, 1.54) is 5.56 Å². The molecule has 5 nitrogen and oxygen atoms in total. The molecule has 6 heteroatoms. The first-order valence-corrected chi connectivity index (χ1v) is 8.67. The molecule has 0 amide bonds. The molecular weight excluding hydrogens is 346 g/mol. The van der Waals surface area contributed by atoms with Crippen molar-refractivity contribution in [3.63, 3.8) is 0 Å². The molecule has 1 aliphatic heterocycles. The van der Waals surface area contributed by atoms with Gasteiger partial charge in [-0.25, -0.2) is 0 Å². The highest BCUT2D eigenvalue weighted by atomic mass is 79.9. The van der Waals surface area contributed by atoms with Gasteiger partial charge in [0.15, 0.2) is 11.5 Å². The Bertz CT molecular complexity index is 465. The number of hydrogen-bond acceptors (Lipinski definition) is 5. The third kappa shape index (κ3) is 5.12. The van der Waals surface area contributed by atoms with Gasteiger partial charge in [-0.3, -0.25) is 4.90 Å². The number of nitrogens with zero attached hydrogens (tertiary/aromatic N) is 1. The minimum Gasteiger partial charge on any atom is -0.493 e. The molecule has 1 aliphatic rings. The molecule has 1 saturated heterocycles. The highest BCUT2D eigenvalue weighted by Crippen LogP contribution is 2.36. The van der Waals surface area contributed by atoms with Crippen LogP contribution in [0.15, 0.2) is 16.6 Å². The topological polar surface area (TPSA) is 45.8 Å². The summed E-state index contributed by atoms with van der Waals surface area (Å²) in [5, 5.41) is 6.87. The third-order valence-electron chi connectivity index (χ3n) is 3.72. The molecule has 0 spiro atoms. The summed E-state index contributed by atoms with van der Waals surface area (Å²) in [5.74, 6) is 1.55. The Morgan fingerprint density at radius 2 is 2.09 bits per heavy atom. The molecule has 2 N–H and O–H groups in total. The van der Waals surface area contributed by atoms with Gasteiger partial charge in [0, 0.05) is 45.8 Å². The molecule has 1 aromatic rings. The number of hydrogen-bond donors (Lipinski definition) is 2. The molecule has 124 valence electrons. The van der Waals surface area contributed by atoms with Crippen molar-refractivity contribution in [3.05, 3.63) is 22.2 Å². The average molecular weight is 372 g/mol. The van der Waals surface area contributed by atoms with E-state index in [0.29, 0.717) is 6.61 Å². The maximum Gasteiger partial charge on any atom is 0.175 e. The number of methoxy groups -OCH3 is 1. The fraction of sp³-hybridized carbons (Fsp3) is 0.625. The van der Waals surface area contributed by atoms with Gasteiger partial charge in [-0.2, -0.15) is 0 Å². The van der Waals surface area contributed by atoms with E-state index >= 15 is 0 Å². The van der Waals surface area contributed by atoms with Gasteiger partial charge in [0.25, 0.3) is 0 Å². The van der Waals surface area contributed by atoms with Crippen molar-refractivity contribution in [3.8, 4) is 11.5 Å². The van der Waals surface area contributed by atoms with Crippen molar-refractivity contribution in [1.82, 2.24) is 15.5 Å². The summed E-state index contributed by atoms with van der Waals surface area (Å²) in [4.78, 5) is 2.48. The van der Waals surface area contributed by atoms with E-state index in [-0.39, 0.29) is 0 Å². The zero-order valence-corrected chi connectivity index (χ0v) is 15.0. The van der Waals surface area contributed by atoms with Gasteiger partial charge in [-0.1, -0.05) is 0 Å². The predicted octanol–water partition coefficient (Wildman–Crippen LogP) is 1.85. The highest BCUT2D eigenvalue weighted by Gasteiger charge is 2.12.